The molecule has 0 aliphatic carbocycles. The number of thiazole rings is 1. The molecule has 0 aliphatic heterocycles. The van der Waals surface area contributed by atoms with Gasteiger partial charge in [0.1, 0.15) is 0 Å². The second-order valence-electron chi connectivity index (χ2n) is 5.71. The van der Waals surface area contributed by atoms with E-state index in [0.29, 0.717) is 10.7 Å². The van der Waals surface area contributed by atoms with Crippen molar-refractivity contribution in [2.45, 2.75) is 19.5 Å². The van der Waals surface area contributed by atoms with Gasteiger partial charge < -0.3 is 9.88 Å². The number of carbonyl (C=O) groups excluding carboxylic acids is 1. The summed E-state index contributed by atoms with van der Waals surface area (Å²) >= 11 is 1.30. The minimum absolute atomic E-state index is 0.0332. The number of aryl methyl sites for hydroxylation is 2. The number of carbonyl (C=O) groups is 1. The summed E-state index contributed by atoms with van der Waals surface area (Å²) < 4.78 is 39.5. The van der Waals surface area contributed by atoms with Crippen LogP contribution in [0.15, 0.2) is 36.7 Å². The van der Waals surface area contributed by atoms with Gasteiger partial charge in [0, 0.05) is 19.4 Å². The van der Waals surface area contributed by atoms with Gasteiger partial charge in [0.05, 0.1) is 22.6 Å². The fourth-order valence-corrected chi connectivity index (χ4v) is 3.42. The van der Waals surface area contributed by atoms with Gasteiger partial charge in [0.15, 0.2) is 11.0 Å². The lowest BCUT2D eigenvalue weighted by molar-refractivity contribution is -0.137. The van der Waals surface area contributed by atoms with Crippen molar-refractivity contribution in [2.24, 2.45) is 7.05 Å². The van der Waals surface area contributed by atoms with Crippen LogP contribution in [0.25, 0.3) is 10.7 Å². The molecule has 2 aromatic heterocycles. The molecule has 0 aliphatic rings. The van der Waals surface area contributed by atoms with Crippen molar-refractivity contribution in [3.63, 3.8) is 0 Å². The standard InChI is InChI=1S/C17H15F3N4OS/c1-10-14(15-21-7-8-24(15)2)26-16(22-10)23-13(25)9-11-3-5-12(6-4-11)17(18,19)20/h3-8H,9H2,1-2H3,(H,22,23,25). The van der Waals surface area contributed by atoms with Gasteiger partial charge in [-0.15, -0.1) is 0 Å². The minimum Gasteiger partial charge on any atom is -0.333 e. The Morgan fingerprint density at radius 1 is 1.27 bits per heavy atom. The maximum absolute atomic E-state index is 12.6. The van der Waals surface area contributed by atoms with E-state index >= 15 is 0 Å². The molecule has 9 heteroatoms. The molecule has 2 heterocycles. The lowest BCUT2D eigenvalue weighted by atomic mass is 10.1. The molecular weight excluding hydrogens is 365 g/mol. The fraction of sp³-hybridized carbons (Fsp3) is 0.235. The zero-order valence-electron chi connectivity index (χ0n) is 14.0. The summed E-state index contributed by atoms with van der Waals surface area (Å²) in [6.45, 7) is 1.83. The summed E-state index contributed by atoms with van der Waals surface area (Å²) in [6, 6.07) is 4.54. The zero-order chi connectivity index (χ0) is 18.9. The number of amides is 1. The number of halogens is 3. The highest BCUT2D eigenvalue weighted by Crippen LogP contribution is 2.31. The maximum Gasteiger partial charge on any atom is 0.416 e. The Hall–Kier alpha value is -2.68. The number of benzene rings is 1. The molecule has 1 N–H and O–H groups in total. The maximum atomic E-state index is 12.6. The monoisotopic (exact) mass is 380 g/mol. The number of alkyl halides is 3. The highest BCUT2D eigenvalue weighted by atomic mass is 32.1. The molecule has 136 valence electrons. The number of nitrogens with zero attached hydrogens (tertiary/aromatic N) is 3. The number of rotatable bonds is 4. The van der Waals surface area contributed by atoms with Gasteiger partial charge in [-0.05, 0) is 24.6 Å². The zero-order valence-corrected chi connectivity index (χ0v) is 14.8. The molecule has 3 rings (SSSR count). The highest BCUT2D eigenvalue weighted by molar-refractivity contribution is 7.19. The SMILES string of the molecule is Cc1nc(NC(=O)Cc2ccc(C(F)(F)F)cc2)sc1-c1nccn1C. The molecule has 0 spiro atoms. The third kappa shape index (κ3) is 3.93. The summed E-state index contributed by atoms with van der Waals surface area (Å²) in [5.74, 6) is 0.410. The molecule has 5 nitrogen and oxygen atoms in total. The molecule has 1 aromatic carbocycles. The van der Waals surface area contributed by atoms with Gasteiger partial charge in [-0.25, -0.2) is 9.97 Å². The second-order valence-corrected chi connectivity index (χ2v) is 6.71. The first-order valence-electron chi connectivity index (χ1n) is 7.65. The Labute approximate surface area is 151 Å². The molecule has 0 unspecified atom stereocenters. The fourth-order valence-electron chi connectivity index (χ4n) is 2.40. The quantitative estimate of drug-likeness (QED) is 0.743. The molecule has 0 bridgehead atoms. The lowest BCUT2D eigenvalue weighted by Crippen LogP contribution is -2.14. The third-order valence-electron chi connectivity index (χ3n) is 3.71. The van der Waals surface area contributed by atoms with E-state index in [1.807, 2.05) is 24.7 Å². The van der Waals surface area contributed by atoms with E-state index < -0.39 is 11.7 Å². The summed E-state index contributed by atoms with van der Waals surface area (Å²) in [7, 11) is 1.87. The average molecular weight is 380 g/mol. The summed E-state index contributed by atoms with van der Waals surface area (Å²) in [6.07, 6.45) is -0.927. The van der Waals surface area contributed by atoms with Gasteiger partial charge >= 0.3 is 6.18 Å². The van der Waals surface area contributed by atoms with Crippen molar-refractivity contribution in [3.05, 3.63) is 53.5 Å². The second kappa shape index (κ2) is 6.91. The Bertz CT molecular complexity index is 928. The third-order valence-corrected chi connectivity index (χ3v) is 4.78. The molecule has 1 amide bonds. The van der Waals surface area contributed by atoms with Crippen molar-refractivity contribution < 1.29 is 18.0 Å². The Morgan fingerprint density at radius 3 is 2.54 bits per heavy atom. The van der Waals surface area contributed by atoms with Crippen LogP contribution in [0, 0.1) is 6.92 Å². The van der Waals surface area contributed by atoms with Gasteiger partial charge in [0.25, 0.3) is 0 Å². The molecule has 0 atom stereocenters. The predicted molar refractivity (Wildman–Crippen MR) is 92.8 cm³/mol. The minimum atomic E-state index is -4.39. The van der Waals surface area contributed by atoms with E-state index in [4.69, 9.17) is 0 Å². The average Bonchev–Trinajstić information content (AvgIpc) is 3.12. The van der Waals surface area contributed by atoms with Gasteiger partial charge in [-0.3, -0.25) is 4.79 Å². The van der Waals surface area contributed by atoms with Crippen molar-refractivity contribution in [1.29, 1.82) is 0 Å². The Balaban J connectivity index is 1.68. The van der Waals surface area contributed by atoms with Gasteiger partial charge in [0.2, 0.25) is 5.91 Å². The molecule has 0 radical (unpaired) electrons. The van der Waals surface area contributed by atoms with Crippen molar-refractivity contribution in [2.75, 3.05) is 5.32 Å². The van der Waals surface area contributed by atoms with Crippen molar-refractivity contribution in [1.82, 2.24) is 14.5 Å². The van der Waals surface area contributed by atoms with Crippen molar-refractivity contribution >= 4 is 22.4 Å². The summed E-state index contributed by atoms with van der Waals surface area (Å²) in [5, 5.41) is 3.12. The smallest absolute Gasteiger partial charge is 0.333 e. The number of hydrogen-bond acceptors (Lipinski definition) is 4. The molecule has 26 heavy (non-hydrogen) atoms. The van der Waals surface area contributed by atoms with Crippen LogP contribution in [0.3, 0.4) is 0 Å². The van der Waals surface area contributed by atoms with Crippen LogP contribution in [0.2, 0.25) is 0 Å². The first kappa shape index (κ1) is 18.1. The van der Waals surface area contributed by atoms with Crippen LogP contribution in [-0.2, 0) is 24.4 Å². The first-order valence-corrected chi connectivity index (χ1v) is 8.47. The number of hydrogen-bond donors (Lipinski definition) is 1. The van der Waals surface area contributed by atoms with E-state index in [1.54, 1.807) is 6.20 Å². The first-order chi connectivity index (χ1) is 12.2. The normalized spacial score (nSPS) is 11.6. The number of imidazole rings is 1. The van der Waals surface area contributed by atoms with E-state index in [9.17, 15) is 18.0 Å². The molecule has 3 aromatic rings. The number of nitrogens with one attached hydrogen (secondary N) is 1. The number of aromatic nitrogens is 3. The van der Waals surface area contributed by atoms with Gasteiger partial charge in [-0.1, -0.05) is 23.5 Å². The molecule has 0 fully saturated rings. The van der Waals surface area contributed by atoms with Crippen LogP contribution in [0.4, 0.5) is 18.3 Å². The molecule has 0 saturated heterocycles. The van der Waals surface area contributed by atoms with E-state index in [2.05, 4.69) is 15.3 Å². The van der Waals surface area contributed by atoms with Crippen LogP contribution >= 0.6 is 11.3 Å². The van der Waals surface area contributed by atoms with E-state index in [0.717, 1.165) is 28.5 Å². The predicted octanol–water partition coefficient (Wildman–Crippen LogP) is 4.05. The van der Waals surface area contributed by atoms with Gasteiger partial charge in [-0.2, -0.15) is 13.2 Å². The topological polar surface area (TPSA) is 59.8 Å². The number of anilines is 1. The Kier molecular flexibility index (Phi) is 4.82. The van der Waals surface area contributed by atoms with Crippen LogP contribution in [0.5, 0.6) is 0 Å². The largest absolute Gasteiger partial charge is 0.416 e. The lowest BCUT2D eigenvalue weighted by Gasteiger charge is -2.07. The Morgan fingerprint density at radius 2 is 1.96 bits per heavy atom. The van der Waals surface area contributed by atoms with Crippen LogP contribution < -0.4 is 5.32 Å². The molecular formula is C17H15F3N4OS. The van der Waals surface area contributed by atoms with Crippen molar-refractivity contribution in [3.8, 4) is 10.7 Å². The highest BCUT2D eigenvalue weighted by Gasteiger charge is 2.30. The van der Waals surface area contributed by atoms with E-state index in [-0.39, 0.29) is 12.3 Å². The van der Waals surface area contributed by atoms with Crippen LogP contribution in [0.1, 0.15) is 16.8 Å². The summed E-state index contributed by atoms with van der Waals surface area (Å²) in [4.78, 5) is 21.6. The summed E-state index contributed by atoms with van der Waals surface area (Å²) in [5.41, 5.74) is 0.499. The van der Waals surface area contributed by atoms with Crippen LogP contribution in [-0.4, -0.2) is 20.4 Å². The van der Waals surface area contributed by atoms with E-state index in [1.165, 1.54) is 23.5 Å². The molecule has 0 saturated carbocycles.